The first-order valence-corrected chi connectivity index (χ1v) is 7.84. The number of likely N-dealkylation sites (N-methyl/N-ethyl adjacent to an activating group) is 2. The van der Waals surface area contributed by atoms with E-state index in [4.69, 9.17) is 17.0 Å². The maximum Gasteiger partial charge on any atom is 0.269 e. The Kier molecular flexibility index (Phi) is 4.31. The van der Waals surface area contributed by atoms with Gasteiger partial charge in [0.1, 0.15) is 17.2 Å². The van der Waals surface area contributed by atoms with Gasteiger partial charge in [0.05, 0.1) is 5.57 Å². The Hall–Kier alpha value is -2.20. The average Bonchev–Trinajstić information content (AvgIpc) is 2.70. The number of nitrogens with zero attached hydrogens (tertiary/aromatic N) is 3. The van der Waals surface area contributed by atoms with Crippen molar-refractivity contribution in [3.63, 3.8) is 0 Å². The van der Waals surface area contributed by atoms with Crippen LogP contribution in [0.25, 0.3) is 0 Å². The van der Waals surface area contributed by atoms with Crippen LogP contribution in [0.5, 0.6) is 0 Å². The Morgan fingerprint density at radius 2 is 1.65 bits per heavy atom. The number of allylic oxidation sites excluding steroid dienone is 1. The minimum atomic E-state index is -0.736. The van der Waals surface area contributed by atoms with E-state index in [-0.39, 0.29) is 22.0 Å². The third kappa shape index (κ3) is 2.43. The van der Waals surface area contributed by atoms with Crippen molar-refractivity contribution in [2.24, 2.45) is 0 Å². The Morgan fingerprint density at radius 1 is 1.17 bits per heavy atom. The summed E-state index contributed by atoms with van der Waals surface area (Å²) in [6.07, 6.45) is 0. The van der Waals surface area contributed by atoms with Gasteiger partial charge in [-0.25, -0.2) is 0 Å². The number of rotatable bonds is 2. The summed E-state index contributed by atoms with van der Waals surface area (Å²) in [7, 11) is 0. The number of thiocarbonyl (C=S) groups is 1. The maximum atomic E-state index is 12.7. The fraction of sp³-hybridized carbons (Fsp3) is 0.500. The molecule has 0 aromatic carbocycles. The van der Waals surface area contributed by atoms with Crippen LogP contribution in [0.4, 0.5) is 0 Å². The second-order valence-corrected chi connectivity index (χ2v) is 6.17. The largest absolute Gasteiger partial charge is 0.481 e. The van der Waals surface area contributed by atoms with E-state index in [0.717, 1.165) is 0 Å². The van der Waals surface area contributed by atoms with E-state index in [1.165, 1.54) is 9.80 Å². The number of hydrogen-bond donors (Lipinski definition) is 0. The Labute approximate surface area is 141 Å². The van der Waals surface area contributed by atoms with Crippen molar-refractivity contribution in [2.45, 2.75) is 40.2 Å². The van der Waals surface area contributed by atoms with Gasteiger partial charge in [-0.05, 0) is 52.4 Å². The van der Waals surface area contributed by atoms with Crippen LogP contribution in [0.3, 0.4) is 0 Å². The molecule has 2 aliphatic heterocycles. The van der Waals surface area contributed by atoms with Crippen LogP contribution in [-0.2, 0) is 14.3 Å². The molecular weight excluding hydrogens is 314 g/mol. The van der Waals surface area contributed by atoms with E-state index in [9.17, 15) is 14.9 Å². The fourth-order valence-corrected chi connectivity index (χ4v) is 3.02. The molecule has 1 saturated heterocycles. The number of carbonyl (C=O) groups is 2. The highest BCUT2D eigenvalue weighted by atomic mass is 32.1. The van der Waals surface area contributed by atoms with Gasteiger partial charge in [0.15, 0.2) is 10.9 Å². The van der Waals surface area contributed by atoms with Crippen molar-refractivity contribution in [1.82, 2.24) is 9.80 Å². The first-order valence-electron chi connectivity index (χ1n) is 7.44. The molecule has 7 heteroatoms. The first-order chi connectivity index (χ1) is 10.7. The summed E-state index contributed by atoms with van der Waals surface area (Å²) in [4.78, 5) is 28.1. The Morgan fingerprint density at radius 3 is 2.04 bits per heavy atom. The quantitative estimate of drug-likeness (QED) is 0.438. The summed E-state index contributed by atoms with van der Waals surface area (Å²) < 4.78 is 5.81. The maximum absolute atomic E-state index is 12.7. The van der Waals surface area contributed by atoms with E-state index >= 15 is 0 Å². The van der Waals surface area contributed by atoms with Crippen LogP contribution in [0, 0.1) is 11.3 Å². The van der Waals surface area contributed by atoms with E-state index in [2.05, 4.69) is 6.07 Å². The van der Waals surface area contributed by atoms with Gasteiger partial charge in [-0.2, -0.15) is 5.26 Å². The SMILES string of the molecule is CCN1C(=O)C(=C2OC(C)(C)C(C)=C2C#N)C(=O)N(CC)C1=S. The van der Waals surface area contributed by atoms with Gasteiger partial charge in [-0.1, -0.05) is 0 Å². The van der Waals surface area contributed by atoms with E-state index in [1.807, 2.05) is 0 Å². The van der Waals surface area contributed by atoms with Crippen molar-refractivity contribution in [2.75, 3.05) is 13.1 Å². The second-order valence-electron chi connectivity index (χ2n) is 5.81. The molecule has 0 aromatic heterocycles. The average molecular weight is 333 g/mol. The Bertz CT molecular complexity index is 685. The van der Waals surface area contributed by atoms with Crippen LogP contribution in [0.15, 0.2) is 22.5 Å². The lowest BCUT2D eigenvalue weighted by Gasteiger charge is -2.36. The molecule has 0 aliphatic carbocycles. The van der Waals surface area contributed by atoms with Crippen LogP contribution < -0.4 is 0 Å². The fourth-order valence-electron chi connectivity index (χ4n) is 2.60. The minimum absolute atomic E-state index is 0.0596. The number of hydrogen-bond acceptors (Lipinski definition) is 5. The summed E-state index contributed by atoms with van der Waals surface area (Å²) in [6, 6.07) is 2.06. The van der Waals surface area contributed by atoms with Gasteiger partial charge in [0.25, 0.3) is 11.8 Å². The van der Waals surface area contributed by atoms with Crippen molar-refractivity contribution < 1.29 is 14.3 Å². The van der Waals surface area contributed by atoms with Gasteiger partial charge < -0.3 is 4.74 Å². The molecule has 0 bridgehead atoms. The van der Waals surface area contributed by atoms with E-state index < -0.39 is 17.4 Å². The lowest BCUT2D eigenvalue weighted by atomic mass is 9.96. The number of ether oxygens (including phenoxy) is 1. The normalized spacial score (nSPS) is 21.1. The molecule has 0 saturated carbocycles. The smallest absolute Gasteiger partial charge is 0.269 e. The van der Waals surface area contributed by atoms with Gasteiger partial charge >= 0.3 is 0 Å². The van der Waals surface area contributed by atoms with Gasteiger partial charge in [0, 0.05) is 13.1 Å². The highest BCUT2D eigenvalue weighted by molar-refractivity contribution is 7.80. The summed E-state index contributed by atoms with van der Waals surface area (Å²) in [6.45, 7) is 9.60. The monoisotopic (exact) mass is 333 g/mol. The van der Waals surface area contributed by atoms with Crippen molar-refractivity contribution in [1.29, 1.82) is 5.26 Å². The zero-order chi connectivity index (χ0) is 17.5. The summed E-state index contributed by atoms with van der Waals surface area (Å²) in [5, 5.41) is 9.63. The third-order valence-electron chi connectivity index (χ3n) is 4.21. The lowest BCUT2D eigenvalue weighted by molar-refractivity contribution is -0.134. The predicted octanol–water partition coefficient (Wildman–Crippen LogP) is 1.88. The molecular formula is C16H19N3O3S. The van der Waals surface area contributed by atoms with Crippen molar-refractivity contribution >= 4 is 29.1 Å². The molecule has 2 rings (SSSR count). The Balaban J connectivity index is 2.70. The van der Waals surface area contributed by atoms with Crippen LogP contribution in [0.1, 0.15) is 34.6 Å². The van der Waals surface area contributed by atoms with Crippen molar-refractivity contribution in [3.05, 3.63) is 22.5 Å². The summed E-state index contributed by atoms with van der Waals surface area (Å²) in [5.74, 6) is -0.967. The standard InChI is InChI=1S/C16H19N3O3S/c1-6-18-13(20)11(14(21)19(7-2)15(18)23)12-10(8-17)9(3)16(4,5)22-12/h6-7H2,1-5H3. The number of carbonyl (C=O) groups excluding carboxylic acids is 2. The van der Waals surface area contributed by atoms with Crippen LogP contribution in [-0.4, -0.2) is 45.4 Å². The van der Waals surface area contributed by atoms with Crippen molar-refractivity contribution in [3.8, 4) is 6.07 Å². The van der Waals surface area contributed by atoms with E-state index in [1.54, 1.807) is 34.6 Å². The molecule has 122 valence electrons. The molecule has 6 nitrogen and oxygen atoms in total. The molecule has 2 aliphatic rings. The molecule has 0 spiro atoms. The topological polar surface area (TPSA) is 73.6 Å². The van der Waals surface area contributed by atoms with Gasteiger partial charge in [-0.15, -0.1) is 0 Å². The second kappa shape index (κ2) is 5.78. The highest BCUT2D eigenvalue weighted by Crippen LogP contribution is 2.40. The third-order valence-corrected chi connectivity index (χ3v) is 4.65. The molecule has 0 unspecified atom stereocenters. The zero-order valence-corrected chi connectivity index (χ0v) is 14.7. The summed E-state index contributed by atoms with van der Waals surface area (Å²) >= 11 is 5.22. The number of nitriles is 1. The van der Waals surface area contributed by atoms with E-state index in [0.29, 0.717) is 18.7 Å². The zero-order valence-electron chi connectivity index (χ0n) is 13.9. The predicted molar refractivity (Wildman–Crippen MR) is 87.9 cm³/mol. The highest BCUT2D eigenvalue weighted by Gasteiger charge is 2.45. The molecule has 1 fully saturated rings. The molecule has 0 N–H and O–H groups in total. The summed E-state index contributed by atoms with van der Waals surface area (Å²) in [5.41, 5.74) is 0.0812. The lowest BCUT2D eigenvalue weighted by Crippen LogP contribution is -2.56. The molecule has 2 heterocycles. The molecule has 2 amide bonds. The first kappa shape index (κ1) is 17.2. The number of amides is 2. The molecule has 0 atom stereocenters. The van der Waals surface area contributed by atoms with Gasteiger partial charge in [0.2, 0.25) is 0 Å². The van der Waals surface area contributed by atoms with Crippen LogP contribution >= 0.6 is 12.2 Å². The molecule has 0 radical (unpaired) electrons. The minimum Gasteiger partial charge on any atom is -0.481 e. The molecule has 0 aromatic rings. The van der Waals surface area contributed by atoms with Gasteiger partial charge in [-0.3, -0.25) is 19.4 Å². The van der Waals surface area contributed by atoms with Crippen LogP contribution in [0.2, 0.25) is 0 Å². The molecule has 23 heavy (non-hydrogen) atoms.